The van der Waals surface area contributed by atoms with Crippen LogP contribution in [-0.2, 0) is 6.42 Å². The lowest BCUT2D eigenvalue weighted by Gasteiger charge is -2.19. The molecule has 0 aliphatic rings. The van der Waals surface area contributed by atoms with E-state index in [2.05, 4.69) is 34.6 Å². The van der Waals surface area contributed by atoms with Gasteiger partial charge in [-0.1, -0.05) is 27.2 Å². The number of hydrogen-bond donors (Lipinski definition) is 3. The number of anilines is 2. The van der Waals surface area contributed by atoms with E-state index in [0.717, 1.165) is 42.9 Å². The van der Waals surface area contributed by atoms with Gasteiger partial charge in [-0.3, -0.25) is 0 Å². The highest BCUT2D eigenvalue weighted by Gasteiger charge is 2.12. The van der Waals surface area contributed by atoms with Crippen LogP contribution in [0.25, 0.3) is 0 Å². The first-order valence-electron chi connectivity index (χ1n) is 6.76. The first-order chi connectivity index (χ1) is 8.65. The molecule has 1 rings (SSSR count). The molecular weight excluding hydrogens is 226 g/mol. The molecule has 0 radical (unpaired) electrons. The van der Waals surface area contributed by atoms with Gasteiger partial charge in [-0.05, 0) is 19.8 Å². The second kappa shape index (κ2) is 7.16. The minimum absolute atomic E-state index is 0.457. The van der Waals surface area contributed by atoms with Gasteiger partial charge in [0.15, 0.2) is 0 Å². The second-order valence-electron chi connectivity index (χ2n) is 4.50. The lowest BCUT2D eigenvalue weighted by atomic mass is 10.1. The molecular formula is C13H25N5. The van der Waals surface area contributed by atoms with Gasteiger partial charge in [0.25, 0.3) is 0 Å². The van der Waals surface area contributed by atoms with E-state index in [4.69, 9.17) is 5.84 Å². The molecule has 0 aliphatic carbocycles. The number of hydrazine groups is 1. The first kappa shape index (κ1) is 14.7. The Morgan fingerprint density at radius 2 is 1.83 bits per heavy atom. The predicted molar refractivity (Wildman–Crippen MR) is 76.6 cm³/mol. The van der Waals surface area contributed by atoms with E-state index in [1.54, 1.807) is 0 Å². The smallest absolute Gasteiger partial charge is 0.148 e. The van der Waals surface area contributed by atoms with Crippen LogP contribution in [0.5, 0.6) is 0 Å². The Labute approximate surface area is 110 Å². The first-order valence-corrected chi connectivity index (χ1v) is 6.76. The van der Waals surface area contributed by atoms with Crippen LogP contribution in [0.2, 0.25) is 0 Å². The molecule has 4 N–H and O–H groups in total. The summed E-state index contributed by atoms with van der Waals surface area (Å²) in [6, 6.07) is 0.457. The Morgan fingerprint density at radius 1 is 1.17 bits per heavy atom. The summed E-state index contributed by atoms with van der Waals surface area (Å²) in [4.78, 5) is 8.91. The Balaban J connectivity index is 2.98. The van der Waals surface area contributed by atoms with Crippen molar-refractivity contribution in [1.82, 2.24) is 9.97 Å². The highest BCUT2D eigenvalue weighted by molar-refractivity contribution is 5.57. The van der Waals surface area contributed by atoms with Crippen LogP contribution >= 0.6 is 0 Å². The van der Waals surface area contributed by atoms with Gasteiger partial charge in [-0.15, -0.1) is 0 Å². The number of nitrogens with one attached hydrogen (secondary N) is 2. The van der Waals surface area contributed by atoms with E-state index >= 15 is 0 Å². The zero-order valence-electron chi connectivity index (χ0n) is 11.9. The van der Waals surface area contributed by atoms with E-state index in [1.165, 1.54) is 0 Å². The molecule has 1 heterocycles. The highest BCUT2D eigenvalue weighted by atomic mass is 15.3. The largest absolute Gasteiger partial charge is 0.367 e. The van der Waals surface area contributed by atoms with E-state index < -0.39 is 0 Å². The average molecular weight is 251 g/mol. The number of nitrogen functional groups attached to an aromatic ring is 1. The van der Waals surface area contributed by atoms with Gasteiger partial charge in [-0.2, -0.15) is 0 Å². The predicted octanol–water partition coefficient (Wildman–Crippen LogP) is 2.62. The van der Waals surface area contributed by atoms with Crippen LogP contribution in [0.4, 0.5) is 11.6 Å². The molecule has 0 amide bonds. The van der Waals surface area contributed by atoms with Crippen molar-refractivity contribution in [2.75, 3.05) is 10.7 Å². The highest BCUT2D eigenvalue weighted by Crippen LogP contribution is 2.21. The van der Waals surface area contributed by atoms with E-state index in [0.29, 0.717) is 11.9 Å². The van der Waals surface area contributed by atoms with Crippen molar-refractivity contribution in [3.8, 4) is 0 Å². The van der Waals surface area contributed by atoms with Gasteiger partial charge in [0.2, 0.25) is 0 Å². The summed E-state index contributed by atoms with van der Waals surface area (Å²) in [5.74, 6) is 7.91. The maximum absolute atomic E-state index is 5.50. The number of aryl methyl sites for hydroxylation is 1. The number of nitrogens with zero attached hydrogens (tertiary/aromatic N) is 2. The van der Waals surface area contributed by atoms with Crippen molar-refractivity contribution in [2.45, 2.75) is 59.4 Å². The molecule has 18 heavy (non-hydrogen) atoms. The van der Waals surface area contributed by atoms with Gasteiger partial charge in [0.1, 0.15) is 17.5 Å². The molecule has 0 aromatic carbocycles. The standard InChI is InChI=1S/C13H25N5/c1-5-8-10(6-2)15-12-9(4)13(18-14)17-11(7-3)16-12/h10H,5-8,14H2,1-4H3,(H2,15,16,17,18). The van der Waals surface area contributed by atoms with E-state index in [9.17, 15) is 0 Å². The third-order valence-corrected chi connectivity index (χ3v) is 3.12. The number of aromatic nitrogens is 2. The van der Waals surface area contributed by atoms with Gasteiger partial charge in [-0.25, -0.2) is 15.8 Å². The molecule has 0 spiro atoms. The van der Waals surface area contributed by atoms with Crippen LogP contribution in [0.1, 0.15) is 51.4 Å². The molecule has 1 unspecified atom stereocenters. The Kier molecular flexibility index (Phi) is 5.85. The third-order valence-electron chi connectivity index (χ3n) is 3.12. The average Bonchev–Trinajstić information content (AvgIpc) is 2.40. The Morgan fingerprint density at radius 3 is 2.33 bits per heavy atom. The number of hydrogen-bond acceptors (Lipinski definition) is 5. The zero-order valence-corrected chi connectivity index (χ0v) is 11.9. The molecule has 0 fully saturated rings. The van der Waals surface area contributed by atoms with Crippen molar-refractivity contribution in [3.05, 3.63) is 11.4 Å². The summed E-state index contributed by atoms with van der Waals surface area (Å²) in [7, 11) is 0. The Hall–Kier alpha value is -1.36. The number of rotatable bonds is 7. The minimum atomic E-state index is 0.457. The molecule has 1 aromatic rings. The van der Waals surface area contributed by atoms with Gasteiger partial charge in [0, 0.05) is 18.0 Å². The van der Waals surface area contributed by atoms with Crippen LogP contribution in [0.15, 0.2) is 0 Å². The molecule has 5 nitrogen and oxygen atoms in total. The Bertz CT molecular complexity index is 378. The van der Waals surface area contributed by atoms with Crippen molar-refractivity contribution in [3.63, 3.8) is 0 Å². The summed E-state index contributed by atoms with van der Waals surface area (Å²) in [6.45, 7) is 8.40. The molecule has 0 aliphatic heterocycles. The van der Waals surface area contributed by atoms with Gasteiger partial charge in [0.05, 0.1) is 0 Å². The fraction of sp³-hybridized carbons (Fsp3) is 0.692. The van der Waals surface area contributed by atoms with Crippen molar-refractivity contribution >= 4 is 11.6 Å². The van der Waals surface area contributed by atoms with E-state index in [1.807, 2.05) is 13.8 Å². The maximum Gasteiger partial charge on any atom is 0.148 e. The summed E-state index contributed by atoms with van der Waals surface area (Å²) < 4.78 is 0. The SMILES string of the molecule is CCCC(CC)Nc1nc(CC)nc(NN)c1C. The second-order valence-corrected chi connectivity index (χ2v) is 4.50. The number of nitrogens with two attached hydrogens (primary N) is 1. The zero-order chi connectivity index (χ0) is 13.5. The van der Waals surface area contributed by atoms with E-state index in [-0.39, 0.29) is 0 Å². The molecule has 1 atom stereocenters. The fourth-order valence-corrected chi connectivity index (χ4v) is 1.92. The lowest BCUT2D eigenvalue weighted by molar-refractivity contribution is 0.619. The molecule has 102 valence electrons. The summed E-state index contributed by atoms with van der Waals surface area (Å²) >= 11 is 0. The minimum Gasteiger partial charge on any atom is -0.367 e. The van der Waals surface area contributed by atoms with Gasteiger partial charge >= 0.3 is 0 Å². The molecule has 0 bridgehead atoms. The van der Waals surface area contributed by atoms with Crippen LogP contribution in [-0.4, -0.2) is 16.0 Å². The summed E-state index contributed by atoms with van der Waals surface area (Å²) in [5.41, 5.74) is 3.62. The van der Waals surface area contributed by atoms with Crippen molar-refractivity contribution in [1.29, 1.82) is 0 Å². The molecule has 5 heteroatoms. The topological polar surface area (TPSA) is 75.9 Å². The maximum atomic E-state index is 5.50. The quantitative estimate of drug-likeness (QED) is 0.513. The monoisotopic (exact) mass is 251 g/mol. The molecule has 0 saturated heterocycles. The van der Waals surface area contributed by atoms with Crippen LogP contribution in [0, 0.1) is 6.92 Å². The normalized spacial score (nSPS) is 12.3. The molecule has 0 saturated carbocycles. The summed E-state index contributed by atoms with van der Waals surface area (Å²) in [6.07, 6.45) is 4.20. The van der Waals surface area contributed by atoms with Gasteiger partial charge < -0.3 is 10.7 Å². The van der Waals surface area contributed by atoms with Crippen molar-refractivity contribution in [2.24, 2.45) is 5.84 Å². The lowest BCUT2D eigenvalue weighted by Crippen LogP contribution is -2.21. The van der Waals surface area contributed by atoms with Crippen LogP contribution in [0.3, 0.4) is 0 Å². The van der Waals surface area contributed by atoms with Crippen LogP contribution < -0.4 is 16.6 Å². The summed E-state index contributed by atoms with van der Waals surface area (Å²) in [5, 5.41) is 3.50. The third kappa shape index (κ3) is 3.57. The van der Waals surface area contributed by atoms with Crippen molar-refractivity contribution < 1.29 is 0 Å². The fourth-order valence-electron chi connectivity index (χ4n) is 1.92. The molecule has 1 aromatic heterocycles.